The van der Waals surface area contributed by atoms with E-state index < -0.39 is 0 Å². The minimum atomic E-state index is 0.574. The van der Waals surface area contributed by atoms with Crippen LogP contribution in [-0.4, -0.2) is 9.97 Å². The fourth-order valence-electron chi connectivity index (χ4n) is 3.47. The van der Waals surface area contributed by atoms with Crippen LogP contribution in [0.25, 0.3) is 0 Å². The smallest absolute Gasteiger partial charge is 0.133 e. The highest BCUT2D eigenvalue weighted by atomic mass is 35.5. The maximum Gasteiger partial charge on any atom is 0.133 e. The third-order valence-electron chi connectivity index (χ3n) is 4.80. The standard InChI is InChI=1S/C21H16Cl4N2/c22-14-6-4-12(17(24)10-14)8-20-16-2-1-3-19(16)26-21(27-20)9-13-5-7-15(23)11-18(13)25/h4-7,10-11H,1-3,8-9H2. The molecule has 3 aromatic rings. The molecule has 27 heavy (non-hydrogen) atoms. The molecule has 1 aliphatic carbocycles. The molecular formula is C21H16Cl4N2. The molecule has 1 aromatic heterocycles. The Morgan fingerprint density at radius 2 is 1.37 bits per heavy atom. The minimum Gasteiger partial charge on any atom is -0.237 e. The van der Waals surface area contributed by atoms with Gasteiger partial charge in [-0.05, 0) is 60.2 Å². The molecule has 4 rings (SSSR count). The van der Waals surface area contributed by atoms with Crippen molar-refractivity contribution in [3.05, 3.63) is 90.4 Å². The van der Waals surface area contributed by atoms with Crippen LogP contribution in [0.1, 0.15) is 40.3 Å². The van der Waals surface area contributed by atoms with Gasteiger partial charge in [-0.1, -0.05) is 58.5 Å². The van der Waals surface area contributed by atoms with Crippen LogP contribution in [0.3, 0.4) is 0 Å². The lowest BCUT2D eigenvalue weighted by Gasteiger charge is -2.12. The van der Waals surface area contributed by atoms with E-state index in [4.69, 9.17) is 56.4 Å². The highest BCUT2D eigenvalue weighted by Gasteiger charge is 2.20. The molecule has 0 bridgehead atoms. The minimum absolute atomic E-state index is 0.574. The van der Waals surface area contributed by atoms with Gasteiger partial charge in [0.05, 0.1) is 5.69 Å². The van der Waals surface area contributed by atoms with E-state index >= 15 is 0 Å². The van der Waals surface area contributed by atoms with Crippen LogP contribution in [0, 0.1) is 0 Å². The van der Waals surface area contributed by atoms with Crippen molar-refractivity contribution in [1.29, 1.82) is 0 Å². The Balaban J connectivity index is 1.69. The van der Waals surface area contributed by atoms with E-state index in [9.17, 15) is 0 Å². The van der Waals surface area contributed by atoms with Crippen LogP contribution in [0.15, 0.2) is 36.4 Å². The Kier molecular flexibility index (Phi) is 5.61. The fraction of sp³-hybridized carbons (Fsp3) is 0.238. The van der Waals surface area contributed by atoms with Gasteiger partial charge in [0, 0.05) is 38.6 Å². The molecule has 0 aliphatic heterocycles. The molecular weight excluding hydrogens is 422 g/mol. The summed E-state index contributed by atoms with van der Waals surface area (Å²) in [4.78, 5) is 9.66. The van der Waals surface area contributed by atoms with Crippen molar-refractivity contribution in [3.63, 3.8) is 0 Å². The van der Waals surface area contributed by atoms with Gasteiger partial charge in [0.1, 0.15) is 5.82 Å². The third-order valence-corrected chi connectivity index (χ3v) is 5.98. The second kappa shape index (κ2) is 7.97. The SMILES string of the molecule is Clc1ccc(Cc2nc3c(c(Cc4ccc(Cl)cc4Cl)n2)CCC3)c(Cl)c1. The summed E-state index contributed by atoms with van der Waals surface area (Å²) in [7, 11) is 0. The zero-order valence-corrected chi connectivity index (χ0v) is 17.4. The first-order valence-corrected chi connectivity index (χ1v) is 10.3. The van der Waals surface area contributed by atoms with Crippen molar-refractivity contribution in [2.45, 2.75) is 32.1 Å². The first kappa shape index (κ1) is 19.0. The summed E-state index contributed by atoms with van der Waals surface area (Å²) in [6.45, 7) is 0. The van der Waals surface area contributed by atoms with E-state index in [2.05, 4.69) is 0 Å². The van der Waals surface area contributed by atoms with E-state index in [1.54, 1.807) is 12.1 Å². The summed E-state index contributed by atoms with van der Waals surface area (Å²) >= 11 is 24.7. The van der Waals surface area contributed by atoms with Gasteiger partial charge in [-0.2, -0.15) is 0 Å². The van der Waals surface area contributed by atoms with Gasteiger partial charge in [0.15, 0.2) is 0 Å². The lowest BCUT2D eigenvalue weighted by molar-refractivity contribution is 0.874. The highest BCUT2D eigenvalue weighted by molar-refractivity contribution is 6.35. The molecule has 0 atom stereocenters. The summed E-state index contributed by atoms with van der Waals surface area (Å²) in [5, 5.41) is 2.55. The largest absolute Gasteiger partial charge is 0.237 e. The molecule has 0 fully saturated rings. The maximum atomic E-state index is 6.38. The summed E-state index contributed by atoms with van der Waals surface area (Å²) < 4.78 is 0. The molecule has 1 aliphatic rings. The molecule has 0 saturated carbocycles. The topological polar surface area (TPSA) is 25.8 Å². The second-order valence-electron chi connectivity index (χ2n) is 6.69. The van der Waals surface area contributed by atoms with E-state index in [-0.39, 0.29) is 0 Å². The summed E-state index contributed by atoms with van der Waals surface area (Å²) in [5.74, 6) is 0.778. The lowest BCUT2D eigenvalue weighted by atomic mass is 10.0. The molecule has 1 heterocycles. The Hall–Kier alpha value is -1.32. The molecule has 2 nitrogen and oxygen atoms in total. The quantitative estimate of drug-likeness (QED) is 0.450. The molecule has 6 heteroatoms. The van der Waals surface area contributed by atoms with Crippen molar-refractivity contribution < 1.29 is 0 Å². The molecule has 0 amide bonds. The third kappa shape index (κ3) is 4.25. The van der Waals surface area contributed by atoms with Crippen LogP contribution < -0.4 is 0 Å². The monoisotopic (exact) mass is 436 g/mol. The zero-order valence-electron chi connectivity index (χ0n) is 14.4. The normalized spacial score (nSPS) is 13.0. The lowest BCUT2D eigenvalue weighted by Crippen LogP contribution is -2.08. The summed E-state index contributed by atoms with van der Waals surface area (Å²) in [6.07, 6.45) is 4.35. The molecule has 0 N–H and O–H groups in total. The Bertz CT molecular complexity index is 1020. The van der Waals surface area contributed by atoms with Crippen molar-refractivity contribution in [3.8, 4) is 0 Å². The molecule has 0 radical (unpaired) electrons. The van der Waals surface area contributed by atoms with Crippen molar-refractivity contribution in [2.24, 2.45) is 0 Å². The number of rotatable bonds is 4. The van der Waals surface area contributed by atoms with Gasteiger partial charge in [0.25, 0.3) is 0 Å². The molecule has 138 valence electrons. The van der Waals surface area contributed by atoms with Gasteiger partial charge in [-0.25, -0.2) is 9.97 Å². The average molecular weight is 438 g/mol. The average Bonchev–Trinajstić information content (AvgIpc) is 3.08. The van der Waals surface area contributed by atoms with E-state index in [0.717, 1.165) is 47.6 Å². The Morgan fingerprint density at radius 1 is 0.741 bits per heavy atom. The predicted molar refractivity (Wildman–Crippen MR) is 113 cm³/mol. The fourth-order valence-corrected chi connectivity index (χ4v) is 4.42. The number of halogens is 4. The van der Waals surface area contributed by atoms with Crippen LogP contribution in [-0.2, 0) is 25.7 Å². The molecule has 0 unspecified atom stereocenters. The number of aryl methyl sites for hydroxylation is 1. The van der Waals surface area contributed by atoms with Crippen molar-refractivity contribution in [2.75, 3.05) is 0 Å². The Morgan fingerprint density at radius 3 is 2.00 bits per heavy atom. The summed E-state index contributed by atoms with van der Waals surface area (Å²) in [5.41, 5.74) is 5.43. The van der Waals surface area contributed by atoms with Crippen LogP contribution >= 0.6 is 46.4 Å². The zero-order chi connectivity index (χ0) is 19.0. The van der Waals surface area contributed by atoms with E-state index in [1.807, 2.05) is 24.3 Å². The molecule has 0 saturated heterocycles. The van der Waals surface area contributed by atoms with Gasteiger partial charge in [0.2, 0.25) is 0 Å². The first-order chi connectivity index (χ1) is 13.0. The van der Waals surface area contributed by atoms with Gasteiger partial charge >= 0.3 is 0 Å². The van der Waals surface area contributed by atoms with Crippen molar-refractivity contribution >= 4 is 46.4 Å². The number of hydrogen-bond donors (Lipinski definition) is 0. The predicted octanol–water partition coefficient (Wildman–Crippen LogP) is 6.76. The number of fused-ring (bicyclic) bond motifs is 1. The van der Waals surface area contributed by atoms with E-state index in [1.165, 1.54) is 5.56 Å². The van der Waals surface area contributed by atoms with Gasteiger partial charge in [-0.15, -0.1) is 0 Å². The highest BCUT2D eigenvalue weighted by Crippen LogP contribution is 2.29. The van der Waals surface area contributed by atoms with Crippen LogP contribution in [0.5, 0.6) is 0 Å². The number of aromatic nitrogens is 2. The second-order valence-corrected chi connectivity index (χ2v) is 8.38. The van der Waals surface area contributed by atoms with Crippen molar-refractivity contribution in [1.82, 2.24) is 9.97 Å². The van der Waals surface area contributed by atoms with Crippen LogP contribution in [0.4, 0.5) is 0 Å². The molecule has 2 aromatic carbocycles. The number of nitrogens with zero attached hydrogens (tertiary/aromatic N) is 2. The first-order valence-electron chi connectivity index (χ1n) is 8.75. The van der Waals surface area contributed by atoms with Gasteiger partial charge in [-0.3, -0.25) is 0 Å². The van der Waals surface area contributed by atoms with Crippen LogP contribution in [0.2, 0.25) is 20.1 Å². The van der Waals surface area contributed by atoms with Gasteiger partial charge < -0.3 is 0 Å². The molecule has 0 spiro atoms. The maximum absolute atomic E-state index is 6.38. The van der Waals surface area contributed by atoms with E-state index in [0.29, 0.717) is 32.9 Å². The number of benzene rings is 2. The number of hydrogen-bond acceptors (Lipinski definition) is 2. The summed E-state index contributed by atoms with van der Waals surface area (Å²) in [6, 6.07) is 11.1. The Labute approximate surface area is 178 Å².